The fourth-order valence-electron chi connectivity index (χ4n) is 4.84. The summed E-state index contributed by atoms with van der Waals surface area (Å²) in [6, 6.07) is 3.56. The van der Waals surface area contributed by atoms with E-state index in [-0.39, 0.29) is 6.10 Å². The van der Waals surface area contributed by atoms with Crippen molar-refractivity contribution in [3.05, 3.63) is 53.6 Å². The molecule has 1 aromatic carbocycles. The number of hydrogen-bond acceptors (Lipinski definition) is 1. The second kappa shape index (κ2) is 11.8. The first kappa shape index (κ1) is 23.2. The van der Waals surface area contributed by atoms with E-state index >= 15 is 0 Å². The Morgan fingerprint density at radius 3 is 2.50 bits per heavy atom. The summed E-state index contributed by atoms with van der Waals surface area (Å²) in [6.45, 7) is 6.89. The van der Waals surface area contributed by atoms with E-state index in [9.17, 15) is 8.78 Å². The van der Waals surface area contributed by atoms with Gasteiger partial charge in [0.2, 0.25) is 0 Å². The van der Waals surface area contributed by atoms with Crippen LogP contribution in [-0.2, 0) is 11.2 Å². The highest BCUT2D eigenvalue weighted by molar-refractivity contribution is 5.67. The minimum atomic E-state index is -0.674. The largest absolute Gasteiger partial charge is 0.378 e. The van der Waals surface area contributed by atoms with Crippen LogP contribution < -0.4 is 0 Å². The molecule has 2 aliphatic carbocycles. The average molecular weight is 417 g/mol. The van der Waals surface area contributed by atoms with Crippen LogP contribution in [0.1, 0.15) is 88.7 Å². The van der Waals surface area contributed by atoms with Crippen LogP contribution >= 0.6 is 0 Å². The van der Waals surface area contributed by atoms with Gasteiger partial charge in [-0.05, 0) is 80.8 Å². The van der Waals surface area contributed by atoms with Gasteiger partial charge in [-0.25, -0.2) is 8.78 Å². The predicted molar refractivity (Wildman–Crippen MR) is 121 cm³/mol. The lowest BCUT2D eigenvalue weighted by molar-refractivity contribution is 0.0149. The molecule has 1 unspecified atom stereocenters. The van der Waals surface area contributed by atoms with Gasteiger partial charge >= 0.3 is 0 Å². The van der Waals surface area contributed by atoms with Crippen LogP contribution in [-0.4, -0.2) is 12.7 Å². The summed E-state index contributed by atoms with van der Waals surface area (Å²) >= 11 is 0. The second-order valence-corrected chi connectivity index (χ2v) is 9.19. The zero-order chi connectivity index (χ0) is 21.3. The lowest BCUT2D eigenvalue weighted by atomic mass is 9.82. The Morgan fingerprint density at radius 1 is 1.03 bits per heavy atom. The van der Waals surface area contributed by atoms with Gasteiger partial charge in [-0.1, -0.05) is 50.5 Å². The first-order valence-corrected chi connectivity index (χ1v) is 12.0. The lowest BCUT2D eigenvalue weighted by Crippen LogP contribution is -2.23. The number of rotatable bonds is 10. The van der Waals surface area contributed by atoms with E-state index in [1.54, 1.807) is 12.1 Å². The topological polar surface area (TPSA) is 9.23 Å². The van der Waals surface area contributed by atoms with Crippen molar-refractivity contribution in [2.24, 2.45) is 11.8 Å². The third-order valence-corrected chi connectivity index (χ3v) is 6.96. The van der Waals surface area contributed by atoms with Crippen LogP contribution in [0.15, 0.2) is 30.9 Å². The fourth-order valence-corrected chi connectivity index (χ4v) is 4.84. The molecule has 30 heavy (non-hydrogen) atoms. The molecule has 1 atom stereocenters. The van der Waals surface area contributed by atoms with Gasteiger partial charge in [0.25, 0.3) is 0 Å². The van der Waals surface area contributed by atoms with E-state index in [4.69, 9.17) is 4.74 Å². The van der Waals surface area contributed by atoms with E-state index in [0.717, 1.165) is 57.1 Å². The highest BCUT2D eigenvalue weighted by Crippen LogP contribution is 2.33. The van der Waals surface area contributed by atoms with Gasteiger partial charge in [0.05, 0.1) is 6.10 Å². The van der Waals surface area contributed by atoms with Crippen LogP contribution in [0.5, 0.6) is 0 Å². The van der Waals surface area contributed by atoms with Gasteiger partial charge in [0.1, 0.15) is 0 Å². The molecule has 3 heteroatoms. The minimum absolute atomic E-state index is 0.205. The average Bonchev–Trinajstić information content (AvgIpc) is 2.79. The maximum atomic E-state index is 14.7. The summed E-state index contributed by atoms with van der Waals surface area (Å²) < 4.78 is 35.4. The van der Waals surface area contributed by atoms with Gasteiger partial charge in [0, 0.05) is 12.2 Å². The van der Waals surface area contributed by atoms with Crippen LogP contribution in [0.25, 0.3) is 5.57 Å². The standard InChI is InChI=1S/C27H38F2O/c1-3-5-6-7-8-23-15-18-25(27(29)26(23)28)22-13-16-24(17-14-22)30-19-21-11-9-20(4-2)10-12-21/h4,13,15,18,20-21,24H,2-3,5-12,14,16-17,19H2,1H3. The molecular weight excluding hydrogens is 378 g/mol. The molecule has 1 saturated carbocycles. The van der Waals surface area contributed by atoms with Crippen molar-refractivity contribution in [3.63, 3.8) is 0 Å². The van der Waals surface area contributed by atoms with Crippen molar-refractivity contribution in [1.29, 1.82) is 0 Å². The number of aryl methyl sites for hydroxylation is 1. The monoisotopic (exact) mass is 416 g/mol. The number of ether oxygens (including phenoxy) is 1. The first-order chi connectivity index (χ1) is 14.6. The number of halogens is 2. The molecule has 1 nitrogen and oxygen atoms in total. The normalized spacial score (nSPS) is 24.5. The maximum Gasteiger partial charge on any atom is 0.166 e. The van der Waals surface area contributed by atoms with Gasteiger partial charge < -0.3 is 4.74 Å². The number of hydrogen-bond donors (Lipinski definition) is 0. The Morgan fingerprint density at radius 2 is 1.83 bits per heavy atom. The molecule has 0 bridgehead atoms. The molecule has 0 amide bonds. The van der Waals surface area contributed by atoms with E-state index in [0.29, 0.717) is 29.4 Å². The highest BCUT2D eigenvalue weighted by Gasteiger charge is 2.23. The van der Waals surface area contributed by atoms with Gasteiger partial charge in [-0.3, -0.25) is 0 Å². The quantitative estimate of drug-likeness (QED) is 0.277. The molecule has 0 saturated heterocycles. The van der Waals surface area contributed by atoms with Crippen molar-refractivity contribution in [2.75, 3.05) is 6.61 Å². The summed E-state index contributed by atoms with van der Waals surface area (Å²) in [7, 11) is 0. The van der Waals surface area contributed by atoms with Gasteiger partial charge in [-0.2, -0.15) is 0 Å². The van der Waals surface area contributed by atoms with Gasteiger partial charge in [0.15, 0.2) is 11.6 Å². The molecule has 166 valence electrons. The van der Waals surface area contributed by atoms with Gasteiger partial charge in [-0.15, -0.1) is 6.58 Å². The van der Waals surface area contributed by atoms with Crippen molar-refractivity contribution in [3.8, 4) is 0 Å². The molecule has 0 aromatic heterocycles. The Kier molecular flexibility index (Phi) is 9.11. The van der Waals surface area contributed by atoms with Crippen molar-refractivity contribution >= 4 is 5.57 Å². The molecule has 0 N–H and O–H groups in total. The van der Waals surface area contributed by atoms with E-state index in [1.165, 1.54) is 25.7 Å². The summed E-state index contributed by atoms with van der Waals surface area (Å²) in [4.78, 5) is 0. The molecule has 0 radical (unpaired) electrons. The predicted octanol–water partition coefficient (Wildman–Crippen LogP) is 8.03. The van der Waals surface area contributed by atoms with E-state index < -0.39 is 11.6 Å². The Bertz CT molecular complexity index is 716. The Labute approximate surface area is 181 Å². The number of allylic oxidation sites excluding steroid dienone is 2. The molecule has 1 fully saturated rings. The molecular formula is C27H38F2O. The number of benzene rings is 1. The highest BCUT2D eigenvalue weighted by atomic mass is 19.2. The third-order valence-electron chi connectivity index (χ3n) is 6.96. The smallest absolute Gasteiger partial charge is 0.166 e. The summed E-state index contributed by atoms with van der Waals surface area (Å²) in [5.74, 6) is 0.00779. The van der Waals surface area contributed by atoms with Crippen molar-refractivity contribution in [2.45, 2.75) is 90.1 Å². The molecule has 0 spiro atoms. The molecule has 0 heterocycles. The van der Waals surface area contributed by atoms with Crippen molar-refractivity contribution < 1.29 is 13.5 Å². The Hall–Kier alpha value is -1.48. The van der Waals surface area contributed by atoms with Crippen LogP contribution in [0.3, 0.4) is 0 Å². The molecule has 0 aliphatic heterocycles. The lowest BCUT2D eigenvalue weighted by Gasteiger charge is -2.29. The first-order valence-electron chi connectivity index (χ1n) is 12.0. The zero-order valence-corrected chi connectivity index (χ0v) is 18.6. The summed E-state index contributed by atoms with van der Waals surface area (Å²) in [6.07, 6.45) is 16.6. The molecule has 3 rings (SSSR count). The second-order valence-electron chi connectivity index (χ2n) is 9.19. The third kappa shape index (κ3) is 6.26. The molecule has 2 aliphatic rings. The number of unbranched alkanes of at least 4 members (excludes halogenated alkanes) is 3. The molecule has 1 aromatic rings. The SMILES string of the molecule is C=CC1CCC(COC2CC=C(c3ccc(CCCCCC)c(F)c3F)CC2)CC1. The maximum absolute atomic E-state index is 14.7. The summed E-state index contributed by atoms with van der Waals surface area (Å²) in [5.41, 5.74) is 1.87. The zero-order valence-electron chi connectivity index (χ0n) is 18.6. The minimum Gasteiger partial charge on any atom is -0.378 e. The summed E-state index contributed by atoms with van der Waals surface area (Å²) in [5, 5.41) is 0. The van der Waals surface area contributed by atoms with E-state index in [2.05, 4.69) is 25.7 Å². The van der Waals surface area contributed by atoms with Crippen LogP contribution in [0, 0.1) is 23.5 Å². The van der Waals surface area contributed by atoms with Crippen molar-refractivity contribution in [1.82, 2.24) is 0 Å². The van der Waals surface area contributed by atoms with Crippen LogP contribution in [0.4, 0.5) is 8.78 Å². The van der Waals surface area contributed by atoms with E-state index in [1.807, 2.05) is 0 Å². The fraction of sp³-hybridized carbons (Fsp3) is 0.630. The van der Waals surface area contributed by atoms with Crippen LogP contribution in [0.2, 0.25) is 0 Å². The Balaban J connectivity index is 1.50.